The molecule has 12 heavy (non-hydrogen) atoms. The van der Waals surface area contributed by atoms with Crippen LogP contribution in [0.5, 0.6) is 0 Å². The zero-order valence-electron chi connectivity index (χ0n) is 5.33. The van der Waals surface area contributed by atoms with Gasteiger partial charge in [0.25, 0.3) is 0 Å². The molecule has 0 heterocycles. The Kier molecular flexibility index (Phi) is 3.60. The summed E-state index contributed by atoms with van der Waals surface area (Å²) in [6.45, 7) is 0. The summed E-state index contributed by atoms with van der Waals surface area (Å²) in [5, 5.41) is 0. The molecule has 0 aliphatic heterocycles. The van der Waals surface area contributed by atoms with Gasteiger partial charge >= 0.3 is 12.1 Å². The predicted octanol–water partition coefficient (Wildman–Crippen LogP) is 2.70. The van der Waals surface area contributed by atoms with Crippen molar-refractivity contribution < 1.29 is 26.7 Å². The minimum atomic E-state index is -5.65. The normalized spacial score (nSPS) is 14.7. The summed E-state index contributed by atoms with van der Waals surface area (Å²) < 4.78 is 57.6. The zero-order valence-corrected chi connectivity index (χ0v) is 7.49. The second-order valence-electron chi connectivity index (χ2n) is 1.77. The van der Waals surface area contributed by atoms with Gasteiger partial charge in [-0.05, 0) is 22.6 Å². The fourth-order valence-electron chi connectivity index (χ4n) is 0.289. The first-order chi connectivity index (χ1) is 5.20. The molecule has 1 nitrogen and oxygen atoms in total. The quantitative estimate of drug-likeness (QED) is 0.332. The zero-order chi connectivity index (χ0) is 9.99. The van der Waals surface area contributed by atoms with Crippen LogP contribution in [0.2, 0.25) is 0 Å². The van der Waals surface area contributed by atoms with Gasteiger partial charge in [-0.2, -0.15) is 22.0 Å². The minimum absolute atomic E-state index is 0.0831. The van der Waals surface area contributed by atoms with Gasteiger partial charge in [-0.25, -0.2) is 0 Å². The molecule has 0 aromatic rings. The molecule has 0 spiro atoms. The highest BCUT2D eigenvalue weighted by molar-refractivity contribution is 14.1. The number of alkyl halides is 5. The van der Waals surface area contributed by atoms with E-state index in [9.17, 15) is 26.7 Å². The van der Waals surface area contributed by atoms with E-state index in [-0.39, 0.29) is 6.29 Å². The molecule has 0 aliphatic rings. The molecule has 0 saturated carbocycles. The summed E-state index contributed by atoms with van der Waals surface area (Å²) in [5.41, 5.74) is 0. The van der Waals surface area contributed by atoms with Crippen LogP contribution in [-0.2, 0) is 4.79 Å². The number of carbonyl (C=O) groups is 1. The van der Waals surface area contributed by atoms with E-state index in [1.54, 1.807) is 0 Å². The molecule has 0 aromatic heterocycles. The first-order valence-corrected chi connectivity index (χ1v) is 3.56. The Labute approximate surface area is 77.8 Å². The summed E-state index contributed by atoms with van der Waals surface area (Å²) >= 11 is 1.08. The molecule has 0 radical (unpaired) electrons. The number of hydrogen-bond acceptors (Lipinski definition) is 1. The molecule has 0 bridgehead atoms. The van der Waals surface area contributed by atoms with E-state index in [2.05, 4.69) is 0 Å². The first kappa shape index (κ1) is 11.8. The summed E-state index contributed by atoms with van der Waals surface area (Å²) in [7, 11) is 0. The second kappa shape index (κ2) is 3.67. The van der Waals surface area contributed by atoms with Crippen molar-refractivity contribution >= 4 is 28.9 Å². The fraction of sp³-hybridized carbons (Fsp3) is 0.400. The van der Waals surface area contributed by atoms with Crippen LogP contribution in [0.1, 0.15) is 0 Å². The van der Waals surface area contributed by atoms with Crippen LogP contribution in [0.4, 0.5) is 22.0 Å². The van der Waals surface area contributed by atoms with Gasteiger partial charge in [0.05, 0.1) is 3.58 Å². The molecule has 0 rings (SSSR count). The third-order valence-corrected chi connectivity index (χ3v) is 1.38. The van der Waals surface area contributed by atoms with Crippen molar-refractivity contribution in [2.75, 3.05) is 0 Å². The Morgan fingerprint density at radius 2 is 1.58 bits per heavy atom. The molecule has 0 unspecified atom stereocenters. The van der Waals surface area contributed by atoms with Gasteiger partial charge in [0, 0.05) is 6.08 Å². The maximum absolute atomic E-state index is 12.0. The predicted molar refractivity (Wildman–Crippen MR) is 39.2 cm³/mol. The number of carbonyl (C=O) groups excluding carboxylic acids is 1. The molecular weight excluding hydrogens is 298 g/mol. The highest BCUT2D eigenvalue weighted by Gasteiger charge is 2.55. The molecule has 0 aliphatic carbocycles. The number of rotatable bonds is 2. The van der Waals surface area contributed by atoms with Gasteiger partial charge in [-0.3, -0.25) is 4.79 Å². The lowest BCUT2D eigenvalue weighted by Gasteiger charge is -2.15. The van der Waals surface area contributed by atoms with E-state index in [0.717, 1.165) is 22.6 Å². The summed E-state index contributed by atoms with van der Waals surface area (Å²) in [5.74, 6) is -4.94. The Bertz CT molecular complexity index is 206. The average molecular weight is 300 g/mol. The Morgan fingerprint density at radius 1 is 1.17 bits per heavy atom. The lowest BCUT2D eigenvalue weighted by molar-refractivity contribution is -0.259. The maximum Gasteiger partial charge on any atom is 0.457 e. The lowest BCUT2D eigenvalue weighted by Crippen LogP contribution is -2.34. The van der Waals surface area contributed by atoms with Crippen LogP contribution in [0.15, 0.2) is 9.66 Å². The highest BCUT2D eigenvalue weighted by atomic mass is 127. The van der Waals surface area contributed by atoms with Gasteiger partial charge in [-0.15, -0.1) is 0 Å². The molecule has 0 aromatic carbocycles. The van der Waals surface area contributed by atoms with Gasteiger partial charge in [0.15, 0.2) is 6.29 Å². The first-order valence-electron chi connectivity index (χ1n) is 2.49. The van der Waals surface area contributed by atoms with Crippen LogP contribution in [-0.4, -0.2) is 18.4 Å². The third-order valence-electron chi connectivity index (χ3n) is 0.810. The molecule has 7 heteroatoms. The van der Waals surface area contributed by atoms with Crippen molar-refractivity contribution in [3.8, 4) is 0 Å². The number of hydrogen-bond donors (Lipinski definition) is 0. The maximum atomic E-state index is 12.0. The molecule has 70 valence electrons. The molecule has 0 fully saturated rings. The number of halogens is 6. The smallest absolute Gasteiger partial charge is 0.297 e. The summed E-state index contributed by atoms with van der Waals surface area (Å²) in [6, 6.07) is 0. The molecular formula is C5H2F5IO. The molecule has 0 N–H and O–H groups in total. The van der Waals surface area contributed by atoms with E-state index in [0.29, 0.717) is 0 Å². The van der Waals surface area contributed by atoms with Crippen LogP contribution < -0.4 is 0 Å². The lowest BCUT2D eigenvalue weighted by atomic mass is 10.3. The van der Waals surface area contributed by atoms with Gasteiger partial charge < -0.3 is 0 Å². The standard InChI is InChI=1S/C5H2F5IO/c6-4(7,5(8,9)10)1-3(11)2-12/h1-2H. The van der Waals surface area contributed by atoms with Gasteiger partial charge in [0.1, 0.15) is 0 Å². The van der Waals surface area contributed by atoms with Crippen molar-refractivity contribution in [1.82, 2.24) is 0 Å². The second-order valence-corrected chi connectivity index (χ2v) is 3.01. The minimum Gasteiger partial charge on any atom is -0.297 e. The van der Waals surface area contributed by atoms with Crippen molar-refractivity contribution in [1.29, 1.82) is 0 Å². The van der Waals surface area contributed by atoms with Crippen molar-refractivity contribution in [2.24, 2.45) is 0 Å². The van der Waals surface area contributed by atoms with Crippen LogP contribution >= 0.6 is 22.6 Å². The third kappa shape index (κ3) is 3.03. The van der Waals surface area contributed by atoms with E-state index in [1.165, 1.54) is 0 Å². The van der Waals surface area contributed by atoms with Crippen molar-refractivity contribution in [2.45, 2.75) is 12.1 Å². The Balaban J connectivity index is 4.75. The summed E-state index contributed by atoms with van der Waals surface area (Å²) in [4.78, 5) is 9.73. The van der Waals surface area contributed by atoms with Crippen LogP contribution in [0, 0.1) is 0 Å². The average Bonchev–Trinajstić information content (AvgIpc) is 1.84. The topological polar surface area (TPSA) is 17.1 Å². The fourth-order valence-corrected chi connectivity index (χ4v) is 0.680. The van der Waals surface area contributed by atoms with Crippen LogP contribution in [0.3, 0.4) is 0 Å². The van der Waals surface area contributed by atoms with E-state index in [1.807, 2.05) is 0 Å². The molecule has 0 amide bonds. The monoisotopic (exact) mass is 300 g/mol. The molecule has 0 atom stereocenters. The number of aldehydes is 1. The largest absolute Gasteiger partial charge is 0.457 e. The van der Waals surface area contributed by atoms with Crippen molar-refractivity contribution in [3.63, 3.8) is 0 Å². The van der Waals surface area contributed by atoms with Crippen LogP contribution in [0.25, 0.3) is 0 Å². The van der Waals surface area contributed by atoms with Gasteiger partial charge in [-0.1, -0.05) is 0 Å². The number of allylic oxidation sites excluding steroid dienone is 2. The SMILES string of the molecule is O=CC(I)=CC(F)(F)C(F)(F)F. The van der Waals surface area contributed by atoms with E-state index in [4.69, 9.17) is 0 Å². The Morgan fingerprint density at radius 3 is 1.83 bits per heavy atom. The van der Waals surface area contributed by atoms with E-state index >= 15 is 0 Å². The highest BCUT2D eigenvalue weighted by Crippen LogP contribution is 2.37. The van der Waals surface area contributed by atoms with Gasteiger partial charge in [0.2, 0.25) is 0 Å². The Hall–Kier alpha value is -0.210. The van der Waals surface area contributed by atoms with E-state index < -0.39 is 21.8 Å². The van der Waals surface area contributed by atoms with Crippen molar-refractivity contribution in [3.05, 3.63) is 9.66 Å². The summed E-state index contributed by atoms with van der Waals surface area (Å²) in [6.07, 6.45) is -6.16. The molecule has 0 saturated heterocycles.